The number of carbonyl (C=O) groups is 1. The van der Waals surface area contributed by atoms with Gasteiger partial charge >= 0.3 is 5.97 Å². The zero-order valence-corrected chi connectivity index (χ0v) is 12.4. The monoisotopic (exact) mass is 305 g/mol. The highest BCUT2D eigenvalue weighted by Gasteiger charge is 2.15. The molecule has 1 aliphatic heterocycles. The largest absolute Gasteiger partial charge is 0.486 e. The lowest BCUT2D eigenvalue weighted by Gasteiger charge is -2.19. The highest BCUT2D eigenvalue weighted by Crippen LogP contribution is 2.35. The molecule has 110 valence electrons. The van der Waals surface area contributed by atoms with Crippen LogP contribution in [0.25, 0.3) is 10.9 Å². The number of nitrogens with zero attached hydrogens (tertiary/aromatic N) is 1. The van der Waals surface area contributed by atoms with E-state index < -0.39 is 5.97 Å². The first kappa shape index (κ1) is 14.0. The molecule has 0 saturated carbocycles. The highest BCUT2D eigenvalue weighted by atomic mass is 32.2. The smallest absolute Gasteiger partial charge is 0.313 e. The van der Waals surface area contributed by atoms with Gasteiger partial charge in [-0.15, -0.1) is 0 Å². The second kappa shape index (κ2) is 5.81. The molecule has 0 saturated heterocycles. The SMILES string of the molecule is CCc1cc2cc3c(cc2nc1SCC(=O)O)OCCO3. The van der Waals surface area contributed by atoms with Gasteiger partial charge in [0, 0.05) is 11.5 Å². The van der Waals surface area contributed by atoms with Crippen LogP contribution in [0.2, 0.25) is 0 Å². The van der Waals surface area contributed by atoms with E-state index in [0.717, 1.165) is 33.7 Å². The Labute approximate surface area is 126 Å². The number of rotatable bonds is 4. The van der Waals surface area contributed by atoms with Crippen LogP contribution in [0.5, 0.6) is 11.5 Å². The molecule has 0 radical (unpaired) electrons. The van der Waals surface area contributed by atoms with E-state index in [1.807, 2.05) is 25.1 Å². The van der Waals surface area contributed by atoms with E-state index in [1.165, 1.54) is 11.8 Å². The summed E-state index contributed by atoms with van der Waals surface area (Å²) in [6.45, 7) is 3.12. The zero-order valence-electron chi connectivity index (χ0n) is 11.6. The number of thioether (sulfide) groups is 1. The van der Waals surface area contributed by atoms with Gasteiger partial charge in [-0.1, -0.05) is 18.7 Å². The third-order valence-electron chi connectivity index (χ3n) is 3.23. The topological polar surface area (TPSA) is 68.7 Å². The van der Waals surface area contributed by atoms with Crippen molar-refractivity contribution in [1.29, 1.82) is 0 Å². The number of hydrogen-bond acceptors (Lipinski definition) is 5. The number of fused-ring (bicyclic) bond motifs is 2. The average Bonchev–Trinajstić information content (AvgIpc) is 2.49. The van der Waals surface area contributed by atoms with Crippen LogP contribution in [0.15, 0.2) is 23.2 Å². The van der Waals surface area contributed by atoms with Gasteiger partial charge in [-0.2, -0.15) is 0 Å². The molecule has 6 heteroatoms. The molecule has 0 unspecified atom stereocenters. The minimum atomic E-state index is -0.842. The molecule has 0 atom stereocenters. The van der Waals surface area contributed by atoms with Gasteiger partial charge in [0.25, 0.3) is 0 Å². The third kappa shape index (κ3) is 2.90. The second-order valence-electron chi connectivity index (χ2n) is 4.68. The summed E-state index contributed by atoms with van der Waals surface area (Å²) in [6, 6.07) is 5.83. The normalized spacial score (nSPS) is 13.4. The Bertz CT molecular complexity index is 702. The van der Waals surface area contributed by atoms with Crippen LogP contribution in [-0.4, -0.2) is 35.0 Å². The average molecular weight is 305 g/mol. The fraction of sp³-hybridized carbons (Fsp3) is 0.333. The Balaban J connectivity index is 2.05. The van der Waals surface area contributed by atoms with Gasteiger partial charge in [-0.3, -0.25) is 4.79 Å². The molecule has 2 heterocycles. The van der Waals surface area contributed by atoms with Crippen molar-refractivity contribution in [1.82, 2.24) is 4.98 Å². The molecule has 0 amide bonds. The fourth-order valence-corrected chi connectivity index (χ4v) is 3.06. The first-order valence-corrected chi connectivity index (χ1v) is 7.74. The first-order valence-electron chi connectivity index (χ1n) is 6.75. The van der Waals surface area contributed by atoms with Gasteiger partial charge in [0.05, 0.1) is 11.3 Å². The summed E-state index contributed by atoms with van der Waals surface area (Å²) in [7, 11) is 0. The number of benzene rings is 1. The standard InChI is InChI=1S/C15H15NO4S/c1-2-9-5-10-6-12-13(20-4-3-19-12)7-11(10)16-15(9)21-8-14(17)18/h5-7H,2-4,8H2,1H3,(H,17,18). The summed E-state index contributed by atoms with van der Waals surface area (Å²) in [6.07, 6.45) is 0.805. The maximum absolute atomic E-state index is 10.7. The van der Waals surface area contributed by atoms with E-state index in [1.54, 1.807) is 0 Å². The van der Waals surface area contributed by atoms with Crippen molar-refractivity contribution in [3.63, 3.8) is 0 Å². The molecule has 3 rings (SSSR count). The van der Waals surface area contributed by atoms with Crippen LogP contribution in [0.3, 0.4) is 0 Å². The zero-order chi connectivity index (χ0) is 14.8. The maximum atomic E-state index is 10.7. The van der Waals surface area contributed by atoms with Crippen molar-refractivity contribution in [2.75, 3.05) is 19.0 Å². The lowest BCUT2D eigenvalue weighted by molar-refractivity contribution is -0.133. The molecule has 5 nitrogen and oxygen atoms in total. The lowest BCUT2D eigenvalue weighted by Crippen LogP contribution is -2.15. The van der Waals surface area contributed by atoms with Crippen LogP contribution in [0.1, 0.15) is 12.5 Å². The van der Waals surface area contributed by atoms with E-state index in [4.69, 9.17) is 14.6 Å². The molecule has 1 aliphatic rings. The number of carboxylic acids is 1. The van der Waals surface area contributed by atoms with Crippen LogP contribution in [-0.2, 0) is 11.2 Å². The van der Waals surface area contributed by atoms with E-state index >= 15 is 0 Å². The summed E-state index contributed by atoms with van der Waals surface area (Å²) in [4.78, 5) is 15.3. The van der Waals surface area contributed by atoms with Gasteiger partial charge in [-0.05, 0) is 24.1 Å². The predicted molar refractivity (Wildman–Crippen MR) is 80.5 cm³/mol. The number of carboxylic acid groups (broad SMARTS) is 1. The van der Waals surface area contributed by atoms with Gasteiger partial charge in [-0.25, -0.2) is 4.98 Å². The van der Waals surface area contributed by atoms with Crippen molar-refractivity contribution in [2.24, 2.45) is 0 Å². The number of aryl methyl sites for hydroxylation is 1. The summed E-state index contributed by atoms with van der Waals surface area (Å²) in [5.41, 5.74) is 1.84. The Morgan fingerprint density at radius 2 is 2.00 bits per heavy atom. The van der Waals surface area contributed by atoms with Crippen molar-refractivity contribution in [3.8, 4) is 11.5 Å². The lowest BCUT2D eigenvalue weighted by atomic mass is 10.1. The molecule has 0 spiro atoms. The van der Waals surface area contributed by atoms with Gasteiger partial charge in [0.15, 0.2) is 11.5 Å². The minimum Gasteiger partial charge on any atom is -0.486 e. The molecule has 1 N–H and O–H groups in total. The number of aliphatic carboxylic acids is 1. The minimum absolute atomic E-state index is 0.00998. The Morgan fingerprint density at radius 1 is 1.29 bits per heavy atom. The highest BCUT2D eigenvalue weighted by molar-refractivity contribution is 7.99. The van der Waals surface area contributed by atoms with Gasteiger partial charge in [0.2, 0.25) is 0 Å². The van der Waals surface area contributed by atoms with Gasteiger partial charge in [0.1, 0.15) is 18.2 Å². The van der Waals surface area contributed by atoms with E-state index in [9.17, 15) is 4.79 Å². The van der Waals surface area contributed by atoms with Gasteiger partial charge < -0.3 is 14.6 Å². The summed E-state index contributed by atoms with van der Waals surface area (Å²) < 4.78 is 11.1. The van der Waals surface area contributed by atoms with Crippen molar-refractivity contribution < 1.29 is 19.4 Å². The van der Waals surface area contributed by atoms with Crippen LogP contribution in [0, 0.1) is 0 Å². The molecule has 0 bridgehead atoms. The van der Waals surface area contributed by atoms with Crippen molar-refractivity contribution in [3.05, 3.63) is 23.8 Å². The quantitative estimate of drug-likeness (QED) is 0.876. The number of pyridine rings is 1. The number of aromatic nitrogens is 1. The number of ether oxygens (including phenoxy) is 2. The molecule has 1 aromatic heterocycles. The van der Waals surface area contributed by atoms with Crippen LogP contribution >= 0.6 is 11.8 Å². The molecule has 2 aromatic rings. The molecular formula is C15H15NO4S. The van der Waals surface area contributed by atoms with E-state index in [-0.39, 0.29) is 5.75 Å². The first-order chi connectivity index (χ1) is 10.2. The van der Waals surface area contributed by atoms with E-state index in [0.29, 0.717) is 19.0 Å². The Morgan fingerprint density at radius 3 is 2.67 bits per heavy atom. The molecule has 1 aromatic carbocycles. The summed E-state index contributed by atoms with van der Waals surface area (Å²) in [5, 5.41) is 10.6. The van der Waals surface area contributed by atoms with E-state index in [2.05, 4.69) is 4.98 Å². The summed E-state index contributed by atoms with van der Waals surface area (Å²) in [5.74, 6) is 0.602. The van der Waals surface area contributed by atoms with Crippen molar-refractivity contribution in [2.45, 2.75) is 18.4 Å². The van der Waals surface area contributed by atoms with Crippen molar-refractivity contribution >= 4 is 28.6 Å². The fourth-order valence-electron chi connectivity index (χ4n) is 2.25. The molecule has 21 heavy (non-hydrogen) atoms. The molecule has 0 aliphatic carbocycles. The third-order valence-corrected chi connectivity index (χ3v) is 4.25. The van der Waals surface area contributed by atoms with Crippen LogP contribution < -0.4 is 9.47 Å². The Hall–Kier alpha value is -1.95. The number of hydrogen-bond donors (Lipinski definition) is 1. The molecular weight excluding hydrogens is 290 g/mol. The maximum Gasteiger partial charge on any atom is 0.313 e. The summed E-state index contributed by atoms with van der Waals surface area (Å²) >= 11 is 1.25. The molecule has 0 fully saturated rings. The predicted octanol–water partition coefficient (Wildman–Crippen LogP) is 2.75. The van der Waals surface area contributed by atoms with Crippen LogP contribution in [0.4, 0.5) is 0 Å². The Kier molecular flexibility index (Phi) is 3.88. The second-order valence-corrected chi connectivity index (χ2v) is 5.64.